The van der Waals surface area contributed by atoms with Crippen LogP contribution in [0.1, 0.15) is 11.4 Å². The van der Waals surface area contributed by atoms with E-state index in [1.807, 2.05) is 0 Å². The minimum absolute atomic E-state index is 0.0585. The summed E-state index contributed by atoms with van der Waals surface area (Å²) in [7, 11) is -13.5. The van der Waals surface area contributed by atoms with Crippen LogP contribution in [0.15, 0.2) is 18.2 Å². The Morgan fingerprint density at radius 2 is 1.30 bits per heavy atom. The predicted molar refractivity (Wildman–Crippen MR) is 79.4 cm³/mol. The van der Waals surface area contributed by atoms with E-state index in [0.29, 0.717) is 0 Å². The van der Waals surface area contributed by atoms with E-state index in [2.05, 4.69) is 4.98 Å². The molecule has 0 saturated carbocycles. The van der Waals surface area contributed by atoms with E-state index in [4.69, 9.17) is 29.4 Å². The molecule has 0 aliphatic heterocycles. The van der Waals surface area contributed by atoms with E-state index in [-0.39, 0.29) is 17.9 Å². The molecule has 0 saturated heterocycles. The van der Waals surface area contributed by atoms with E-state index >= 15 is 0 Å². The fraction of sp³-hybridized carbons (Fsp3) is 0.444. The Labute approximate surface area is 131 Å². The number of hydrogen-bond donors (Lipinski definition) is 6. The summed E-state index contributed by atoms with van der Waals surface area (Å²) < 4.78 is 33.0. The number of aromatic nitrogens is 1. The van der Waals surface area contributed by atoms with Crippen LogP contribution < -0.4 is 0 Å². The molecule has 14 heteroatoms. The molecule has 0 fully saturated rings. The molecule has 0 unspecified atom stereocenters. The Balaban J connectivity index is 2.94. The van der Waals surface area contributed by atoms with Crippen molar-refractivity contribution in [3.63, 3.8) is 0 Å². The van der Waals surface area contributed by atoms with Gasteiger partial charge < -0.3 is 29.4 Å². The van der Waals surface area contributed by atoms with Crippen molar-refractivity contribution < 1.29 is 43.1 Å². The van der Waals surface area contributed by atoms with Gasteiger partial charge in [0.05, 0.1) is 17.5 Å². The second-order valence-corrected chi connectivity index (χ2v) is 9.75. The van der Waals surface area contributed by atoms with Gasteiger partial charge in [-0.1, -0.05) is 6.07 Å². The molecule has 132 valence electrons. The summed E-state index contributed by atoms with van der Waals surface area (Å²) >= 11 is 0. The minimum atomic E-state index is -4.56. The van der Waals surface area contributed by atoms with Gasteiger partial charge in [0.2, 0.25) is 0 Å². The van der Waals surface area contributed by atoms with Crippen molar-refractivity contribution in [2.45, 2.75) is 12.7 Å². The monoisotopic (exact) mass is 390 g/mol. The Kier molecular flexibility index (Phi) is 6.84. The topological polar surface area (TPSA) is 189 Å². The quantitative estimate of drug-likeness (QED) is 0.323. The van der Waals surface area contributed by atoms with E-state index in [1.54, 1.807) is 0 Å². The standard InChI is InChI=1S/C9H17N2O9P3/c12-21(13,14)5-9-3-1-2-8(10-9)4-11(6-22(15,16)17)7-23(18,19)20/h1-3H,4-7H2,(H2,12,13,14)(H2,15,16,17)(H2,18,19,20). The van der Waals surface area contributed by atoms with Gasteiger partial charge in [0.1, 0.15) is 12.6 Å². The molecule has 23 heavy (non-hydrogen) atoms. The molecule has 0 radical (unpaired) electrons. The lowest BCUT2D eigenvalue weighted by molar-refractivity contribution is 0.271. The smallest absolute Gasteiger partial charge is 0.324 e. The highest BCUT2D eigenvalue weighted by atomic mass is 31.2. The highest BCUT2D eigenvalue weighted by Crippen LogP contribution is 2.41. The summed E-state index contributed by atoms with van der Waals surface area (Å²) in [6.45, 7) is -0.300. The van der Waals surface area contributed by atoms with Crippen LogP contribution in [0, 0.1) is 0 Å². The van der Waals surface area contributed by atoms with Gasteiger partial charge in [-0.15, -0.1) is 0 Å². The van der Waals surface area contributed by atoms with Crippen LogP contribution in [0.3, 0.4) is 0 Å². The van der Waals surface area contributed by atoms with Crippen LogP contribution in [0.5, 0.6) is 0 Å². The van der Waals surface area contributed by atoms with Crippen LogP contribution >= 0.6 is 22.8 Å². The maximum Gasteiger partial charge on any atom is 0.339 e. The highest BCUT2D eigenvalue weighted by molar-refractivity contribution is 7.52. The first kappa shape index (κ1) is 20.6. The fourth-order valence-corrected chi connectivity index (χ4v) is 4.01. The maximum absolute atomic E-state index is 11.0. The molecular weight excluding hydrogens is 373 g/mol. The molecule has 1 heterocycles. The summed E-state index contributed by atoms with van der Waals surface area (Å²) in [4.78, 5) is 58.4. The molecule has 0 bridgehead atoms. The molecule has 1 aromatic rings. The van der Waals surface area contributed by atoms with E-state index in [1.165, 1.54) is 18.2 Å². The zero-order valence-electron chi connectivity index (χ0n) is 11.7. The second kappa shape index (κ2) is 7.63. The summed E-state index contributed by atoms with van der Waals surface area (Å²) in [6.07, 6.45) is -2.39. The lowest BCUT2D eigenvalue weighted by Crippen LogP contribution is -2.26. The molecule has 0 atom stereocenters. The Bertz CT molecular complexity index is 655. The van der Waals surface area contributed by atoms with Crippen molar-refractivity contribution >= 4 is 22.8 Å². The van der Waals surface area contributed by atoms with Gasteiger partial charge in [-0.2, -0.15) is 0 Å². The molecule has 1 aromatic heterocycles. The lowest BCUT2D eigenvalue weighted by Gasteiger charge is -2.22. The van der Waals surface area contributed by atoms with Crippen molar-refractivity contribution in [3.05, 3.63) is 29.6 Å². The number of pyridine rings is 1. The number of nitrogens with zero attached hydrogens (tertiary/aromatic N) is 2. The third-order valence-corrected chi connectivity index (χ3v) is 4.66. The van der Waals surface area contributed by atoms with E-state index < -0.39 is 41.5 Å². The normalized spacial score (nSPS) is 13.5. The minimum Gasteiger partial charge on any atom is -0.324 e. The molecule has 11 nitrogen and oxygen atoms in total. The van der Waals surface area contributed by atoms with Crippen molar-refractivity contribution in [2.24, 2.45) is 0 Å². The van der Waals surface area contributed by atoms with Crippen LogP contribution in [0.25, 0.3) is 0 Å². The van der Waals surface area contributed by atoms with E-state index in [9.17, 15) is 13.7 Å². The Morgan fingerprint density at radius 1 is 0.826 bits per heavy atom. The first-order valence-electron chi connectivity index (χ1n) is 6.04. The predicted octanol–water partition coefficient (Wildman–Crippen LogP) is -0.168. The van der Waals surface area contributed by atoms with Crippen LogP contribution in [-0.2, 0) is 26.4 Å². The van der Waals surface area contributed by atoms with Gasteiger partial charge in [-0.25, -0.2) is 0 Å². The molecule has 0 aliphatic carbocycles. The number of hydrogen-bond acceptors (Lipinski definition) is 5. The molecule has 0 amide bonds. The molecule has 0 spiro atoms. The molecular formula is C9H17N2O9P3. The van der Waals surface area contributed by atoms with Crippen LogP contribution in [0.2, 0.25) is 0 Å². The average Bonchev–Trinajstić information content (AvgIpc) is 2.21. The largest absolute Gasteiger partial charge is 0.339 e. The summed E-state index contributed by atoms with van der Waals surface area (Å²) in [5, 5.41) is 0. The highest BCUT2D eigenvalue weighted by Gasteiger charge is 2.26. The Hall–Kier alpha value is -0.440. The van der Waals surface area contributed by atoms with Gasteiger partial charge in [0.15, 0.2) is 0 Å². The maximum atomic E-state index is 11.0. The SMILES string of the molecule is O=P(O)(O)Cc1cccc(CN(CP(=O)(O)O)CP(=O)(O)O)n1. The van der Waals surface area contributed by atoms with Gasteiger partial charge >= 0.3 is 22.8 Å². The summed E-state index contributed by atoms with van der Waals surface area (Å²) in [5.41, 5.74) is 0.223. The van der Waals surface area contributed by atoms with Gasteiger partial charge in [0, 0.05) is 6.54 Å². The van der Waals surface area contributed by atoms with Crippen molar-refractivity contribution in [2.75, 3.05) is 12.6 Å². The molecule has 0 aromatic carbocycles. The first-order valence-corrected chi connectivity index (χ1v) is 11.4. The molecule has 1 rings (SSSR count). The lowest BCUT2D eigenvalue weighted by atomic mass is 10.3. The zero-order valence-corrected chi connectivity index (χ0v) is 14.4. The van der Waals surface area contributed by atoms with Gasteiger partial charge in [-0.05, 0) is 12.1 Å². The van der Waals surface area contributed by atoms with Crippen molar-refractivity contribution in [3.8, 4) is 0 Å². The second-order valence-electron chi connectivity index (χ2n) is 4.88. The van der Waals surface area contributed by atoms with Gasteiger partial charge in [0.25, 0.3) is 0 Å². The van der Waals surface area contributed by atoms with E-state index in [0.717, 1.165) is 4.90 Å². The Morgan fingerprint density at radius 3 is 1.74 bits per heavy atom. The average molecular weight is 390 g/mol. The third kappa shape index (κ3) is 10.1. The van der Waals surface area contributed by atoms with Gasteiger partial charge in [-0.3, -0.25) is 23.6 Å². The van der Waals surface area contributed by atoms with Crippen molar-refractivity contribution in [1.82, 2.24) is 9.88 Å². The molecule has 0 aliphatic rings. The zero-order chi connectivity index (χ0) is 17.9. The number of rotatable bonds is 8. The molecule has 6 N–H and O–H groups in total. The summed E-state index contributed by atoms with van der Waals surface area (Å²) in [6, 6.07) is 4.20. The third-order valence-electron chi connectivity index (χ3n) is 2.39. The summed E-state index contributed by atoms with van der Waals surface area (Å²) in [5.74, 6) is 0. The van der Waals surface area contributed by atoms with Crippen LogP contribution in [-0.4, -0.2) is 51.8 Å². The van der Waals surface area contributed by atoms with Crippen molar-refractivity contribution in [1.29, 1.82) is 0 Å². The van der Waals surface area contributed by atoms with Crippen LogP contribution in [0.4, 0.5) is 0 Å². The first-order chi connectivity index (χ1) is 10.2. The fourth-order valence-electron chi connectivity index (χ4n) is 1.81.